The van der Waals surface area contributed by atoms with Crippen molar-refractivity contribution in [2.24, 2.45) is 11.5 Å². The number of carbonyl (C=O) groups excluding carboxylic acids is 4. The van der Waals surface area contributed by atoms with E-state index in [2.05, 4.69) is 21.3 Å². The number of nitrogens with two attached hydrogens (primary N) is 2. The maximum Gasteiger partial charge on any atom is 0.326 e. The summed E-state index contributed by atoms with van der Waals surface area (Å²) < 4.78 is 0. The molecule has 3 aromatic carbocycles. The first-order valence-electron chi connectivity index (χ1n) is 16.1. The molecular weight excluding hydrogens is 612 g/mol. The molecule has 0 heterocycles. The van der Waals surface area contributed by atoms with E-state index in [9.17, 15) is 29.1 Å². The number of carbonyl (C=O) groups is 5. The van der Waals surface area contributed by atoms with E-state index < -0.39 is 53.4 Å². The Morgan fingerprint density at radius 3 is 1.54 bits per heavy atom. The minimum absolute atomic E-state index is 0.00000346. The zero-order chi connectivity index (χ0) is 35.1. The molecule has 12 heteroatoms. The van der Waals surface area contributed by atoms with Crippen molar-refractivity contribution in [3.05, 3.63) is 108 Å². The van der Waals surface area contributed by atoms with Gasteiger partial charge in [0.15, 0.2) is 0 Å². The zero-order valence-corrected chi connectivity index (χ0v) is 27.4. The van der Waals surface area contributed by atoms with Crippen LogP contribution >= 0.6 is 0 Å². The minimum Gasteiger partial charge on any atom is -0.480 e. The molecule has 256 valence electrons. The number of unbranched alkanes of at least 4 members (excludes halogenated alkanes) is 1. The van der Waals surface area contributed by atoms with Crippen molar-refractivity contribution < 1.29 is 29.1 Å². The van der Waals surface area contributed by atoms with E-state index in [1.165, 1.54) is 13.8 Å². The highest BCUT2D eigenvalue weighted by atomic mass is 16.4. The molecular formula is C36H46N6O6. The topological polar surface area (TPSA) is 206 Å². The smallest absolute Gasteiger partial charge is 0.326 e. The first-order valence-corrected chi connectivity index (χ1v) is 16.1. The third kappa shape index (κ3) is 10.2. The van der Waals surface area contributed by atoms with Crippen LogP contribution in [0.15, 0.2) is 91.0 Å². The van der Waals surface area contributed by atoms with Crippen LogP contribution in [0, 0.1) is 0 Å². The first-order chi connectivity index (χ1) is 23.0. The fourth-order valence-electron chi connectivity index (χ4n) is 5.31. The van der Waals surface area contributed by atoms with Crippen LogP contribution < -0.4 is 32.7 Å². The molecule has 3 rings (SSSR count). The minimum atomic E-state index is -1.19. The number of amides is 4. The lowest BCUT2D eigenvalue weighted by Gasteiger charge is -2.37. The first kappa shape index (κ1) is 37.4. The lowest BCUT2D eigenvalue weighted by Crippen LogP contribution is -2.55. The van der Waals surface area contributed by atoms with Gasteiger partial charge in [-0.1, -0.05) is 91.0 Å². The number of carboxylic acid groups (broad SMARTS) is 1. The van der Waals surface area contributed by atoms with Gasteiger partial charge in [-0.15, -0.1) is 0 Å². The molecule has 3 aromatic rings. The van der Waals surface area contributed by atoms with Gasteiger partial charge in [-0.05, 0) is 62.8 Å². The largest absolute Gasteiger partial charge is 0.480 e. The molecule has 48 heavy (non-hydrogen) atoms. The van der Waals surface area contributed by atoms with Crippen molar-refractivity contribution in [3.63, 3.8) is 0 Å². The summed E-state index contributed by atoms with van der Waals surface area (Å²) in [7, 11) is 0. The summed E-state index contributed by atoms with van der Waals surface area (Å²) in [5.74, 6) is -3.50. The Morgan fingerprint density at radius 1 is 0.667 bits per heavy atom. The molecule has 0 aliphatic heterocycles. The van der Waals surface area contributed by atoms with Gasteiger partial charge in [-0.25, -0.2) is 4.79 Å². The van der Waals surface area contributed by atoms with E-state index in [4.69, 9.17) is 11.5 Å². The molecule has 0 radical (unpaired) electrons. The Bertz CT molecular complexity index is 1410. The van der Waals surface area contributed by atoms with Crippen LogP contribution in [0.25, 0.3) is 0 Å². The van der Waals surface area contributed by atoms with Gasteiger partial charge in [0.05, 0.1) is 6.04 Å². The van der Waals surface area contributed by atoms with Crippen LogP contribution in [0.5, 0.6) is 0 Å². The predicted octanol–water partition coefficient (Wildman–Crippen LogP) is 1.91. The number of carboxylic acids is 1. The lowest BCUT2D eigenvalue weighted by atomic mass is 9.77. The quantitative estimate of drug-likeness (QED) is 0.0792. The van der Waals surface area contributed by atoms with Crippen LogP contribution in [0.2, 0.25) is 0 Å². The number of hydrogen-bond acceptors (Lipinski definition) is 7. The molecule has 0 saturated heterocycles. The van der Waals surface area contributed by atoms with Gasteiger partial charge in [0.2, 0.25) is 23.6 Å². The van der Waals surface area contributed by atoms with Crippen LogP contribution in [0.1, 0.15) is 62.6 Å². The summed E-state index contributed by atoms with van der Waals surface area (Å²) in [6, 6.07) is 24.5. The average Bonchev–Trinajstić information content (AvgIpc) is 3.10. The van der Waals surface area contributed by atoms with Gasteiger partial charge < -0.3 is 37.8 Å². The molecule has 0 saturated carbocycles. The van der Waals surface area contributed by atoms with Gasteiger partial charge in [-0.2, -0.15) is 0 Å². The summed E-state index contributed by atoms with van der Waals surface area (Å²) in [6.07, 6.45) is 1.27. The second-order valence-corrected chi connectivity index (χ2v) is 11.7. The highest BCUT2D eigenvalue weighted by Crippen LogP contribution is 2.36. The molecule has 4 atom stereocenters. The SMILES string of the molecule is C[C@H](NC(=O)[C@H](C)NC(=O)[C@@H](N)CCC(=O)NC(c1ccccc1)(c1ccccc1)c1ccccc1)C(=O)N[C@@H](CCCCN)C(=O)O. The molecule has 4 amide bonds. The predicted molar refractivity (Wildman–Crippen MR) is 182 cm³/mol. The van der Waals surface area contributed by atoms with E-state index >= 15 is 0 Å². The highest BCUT2D eigenvalue weighted by molar-refractivity contribution is 5.93. The molecule has 0 aliphatic rings. The van der Waals surface area contributed by atoms with Crippen LogP contribution in [-0.4, -0.2) is 65.4 Å². The molecule has 0 aliphatic carbocycles. The molecule has 0 spiro atoms. The second-order valence-electron chi connectivity index (χ2n) is 11.7. The van der Waals surface area contributed by atoms with E-state index in [1.54, 1.807) is 0 Å². The van der Waals surface area contributed by atoms with Crippen molar-refractivity contribution in [2.75, 3.05) is 6.54 Å². The monoisotopic (exact) mass is 658 g/mol. The Hall–Kier alpha value is -5.07. The van der Waals surface area contributed by atoms with Crippen LogP contribution in [-0.2, 0) is 29.5 Å². The van der Waals surface area contributed by atoms with Crippen molar-refractivity contribution in [1.82, 2.24) is 21.3 Å². The Balaban J connectivity index is 1.61. The normalized spacial score (nSPS) is 13.7. The molecule has 0 fully saturated rings. The molecule has 9 N–H and O–H groups in total. The van der Waals surface area contributed by atoms with E-state index in [0.717, 1.165) is 16.7 Å². The van der Waals surface area contributed by atoms with Crippen molar-refractivity contribution in [3.8, 4) is 0 Å². The molecule has 12 nitrogen and oxygen atoms in total. The fraction of sp³-hybridized carbons (Fsp3) is 0.361. The second kappa shape index (κ2) is 18.3. The van der Waals surface area contributed by atoms with Gasteiger partial charge in [0, 0.05) is 6.42 Å². The van der Waals surface area contributed by atoms with Crippen LogP contribution in [0.3, 0.4) is 0 Å². The summed E-state index contributed by atoms with van der Waals surface area (Å²) >= 11 is 0. The van der Waals surface area contributed by atoms with Gasteiger partial charge in [0.1, 0.15) is 23.7 Å². The third-order valence-corrected chi connectivity index (χ3v) is 8.03. The number of aliphatic carboxylic acids is 1. The van der Waals surface area contributed by atoms with E-state index in [-0.39, 0.29) is 25.2 Å². The Labute approximate surface area is 281 Å². The molecule has 0 bridgehead atoms. The summed E-state index contributed by atoms with van der Waals surface area (Å²) in [6.45, 7) is 3.24. The number of rotatable bonds is 18. The lowest BCUT2D eigenvalue weighted by molar-refractivity contribution is -0.142. The van der Waals surface area contributed by atoms with Gasteiger partial charge in [-0.3, -0.25) is 19.2 Å². The summed E-state index contributed by atoms with van der Waals surface area (Å²) in [5.41, 5.74) is 13.1. The fourth-order valence-corrected chi connectivity index (χ4v) is 5.31. The maximum absolute atomic E-state index is 13.6. The third-order valence-electron chi connectivity index (χ3n) is 8.03. The molecule has 0 unspecified atom stereocenters. The standard InChI is InChI=1S/C36H46N6O6/c1-24(32(44)39-25(2)33(45)41-30(35(47)48)20-12-13-23-37)40-34(46)29(38)21-22-31(43)42-36(26-14-6-3-7-15-26,27-16-8-4-9-17-27)28-18-10-5-11-19-28/h3-11,14-19,24-25,29-30H,12-13,20-23,37-38H2,1-2H3,(H,39,44)(H,40,46)(H,41,45)(H,42,43)(H,47,48)/t24-,25-,29-,30-/m0/s1. The summed E-state index contributed by atoms with van der Waals surface area (Å²) in [5, 5.41) is 20.0. The van der Waals surface area contributed by atoms with Crippen molar-refractivity contribution >= 4 is 29.6 Å². The van der Waals surface area contributed by atoms with Crippen molar-refractivity contribution in [1.29, 1.82) is 0 Å². The number of benzene rings is 3. The van der Waals surface area contributed by atoms with Gasteiger partial charge in [0.25, 0.3) is 0 Å². The number of nitrogens with one attached hydrogen (secondary N) is 4. The summed E-state index contributed by atoms with van der Waals surface area (Å²) in [4.78, 5) is 63.2. The Kier molecular flexibility index (Phi) is 14.3. The number of hydrogen-bond donors (Lipinski definition) is 7. The van der Waals surface area contributed by atoms with Crippen LogP contribution in [0.4, 0.5) is 0 Å². The highest BCUT2D eigenvalue weighted by Gasteiger charge is 2.38. The van der Waals surface area contributed by atoms with Crippen molar-refractivity contribution in [2.45, 2.75) is 75.7 Å². The average molecular weight is 659 g/mol. The van der Waals surface area contributed by atoms with E-state index in [1.807, 2.05) is 91.0 Å². The zero-order valence-electron chi connectivity index (χ0n) is 27.4. The van der Waals surface area contributed by atoms with E-state index in [0.29, 0.717) is 19.4 Å². The van der Waals surface area contributed by atoms with Gasteiger partial charge >= 0.3 is 5.97 Å². The Morgan fingerprint density at radius 2 is 1.10 bits per heavy atom. The maximum atomic E-state index is 13.6. The molecule has 0 aromatic heterocycles.